The molecule has 0 aromatic heterocycles. The van der Waals surface area contributed by atoms with Gasteiger partial charge in [0.1, 0.15) is 11.6 Å². The molecule has 0 radical (unpaired) electrons. The molecule has 8 nitrogen and oxygen atoms in total. The number of likely N-dealkylation sites (N-methyl/N-ethyl adjacent to an activating group) is 1. The quantitative estimate of drug-likeness (QED) is 0.428. The Labute approximate surface area is 221 Å². The maximum absolute atomic E-state index is 14.6. The molecule has 7 atom stereocenters. The maximum atomic E-state index is 14.6. The van der Waals surface area contributed by atoms with Crippen LogP contribution < -0.4 is 0 Å². The summed E-state index contributed by atoms with van der Waals surface area (Å²) in [6.07, 6.45) is 10.2. The topological polar surface area (TPSA) is 90.4 Å². The third-order valence-corrected chi connectivity index (χ3v) is 9.51. The van der Waals surface area contributed by atoms with E-state index in [2.05, 4.69) is 13.2 Å². The Morgan fingerprint density at radius 3 is 2.43 bits per heavy atom. The zero-order valence-corrected chi connectivity index (χ0v) is 22.8. The van der Waals surface area contributed by atoms with E-state index in [4.69, 9.17) is 4.74 Å². The Bertz CT molecular complexity index is 902. The van der Waals surface area contributed by atoms with Gasteiger partial charge < -0.3 is 24.5 Å². The van der Waals surface area contributed by atoms with Crippen molar-refractivity contribution >= 4 is 17.7 Å². The van der Waals surface area contributed by atoms with Crippen molar-refractivity contribution < 1.29 is 24.2 Å². The molecule has 3 heterocycles. The van der Waals surface area contributed by atoms with Gasteiger partial charge in [-0.2, -0.15) is 0 Å². The molecule has 1 N–H and O–H groups in total. The number of hydrogen-bond donors (Lipinski definition) is 1. The van der Waals surface area contributed by atoms with Crippen LogP contribution in [0.2, 0.25) is 0 Å². The number of likely N-dealkylation sites (tertiary alicyclic amines) is 1. The average molecular weight is 516 g/mol. The van der Waals surface area contributed by atoms with Crippen LogP contribution in [-0.2, 0) is 19.1 Å². The number of nitrogens with zero attached hydrogens (tertiary/aromatic N) is 3. The number of ether oxygens (including phenoxy) is 1. The number of carbonyl (C=O) groups excluding carboxylic acids is 3. The maximum Gasteiger partial charge on any atom is 0.248 e. The van der Waals surface area contributed by atoms with Crippen molar-refractivity contribution in [3.05, 3.63) is 25.3 Å². The average Bonchev–Trinajstić information content (AvgIpc) is 3.55. The van der Waals surface area contributed by atoms with Gasteiger partial charge in [0.25, 0.3) is 0 Å². The minimum absolute atomic E-state index is 0.0168. The Balaban J connectivity index is 1.78. The number of aliphatic hydroxyl groups is 1. The molecule has 4 rings (SSSR count). The molecule has 4 fully saturated rings. The number of rotatable bonds is 11. The highest BCUT2D eigenvalue weighted by Crippen LogP contribution is 2.59. The predicted molar refractivity (Wildman–Crippen MR) is 141 cm³/mol. The Kier molecular flexibility index (Phi) is 8.48. The molecular formula is C29H45N3O5. The second kappa shape index (κ2) is 11.3. The summed E-state index contributed by atoms with van der Waals surface area (Å²) < 4.78 is 6.61. The van der Waals surface area contributed by atoms with Crippen molar-refractivity contribution in [1.82, 2.24) is 14.7 Å². The summed E-state index contributed by atoms with van der Waals surface area (Å²) in [5.74, 6) is -1.88. The van der Waals surface area contributed by atoms with Crippen LogP contribution in [0.5, 0.6) is 0 Å². The highest BCUT2D eigenvalue weighted by atomic mass is 16.5. The van der Waals surface area contributed by atoms with Crippen LogP contribution in [0.15, 0.2) is 25.3 Å². The first-order valence-electron chi connectivity index (χ1n) is 14.1. The summed E-state index contributed by atoms with van der Waals surface area (Å²) in [4.78, 5) is 47.6. The predicted octanol–water partition coefficient (Wildman–Crippen LogP) is 2.76. The lowest BCUT2D eigenvalue weighted by atomic mass is 9.70. The van der Waals surface area contributed by atoms with E-state index in [9.17, 15) is 19.5 Å². The van der Waals surface area contributed by atoms with E-state index in [1.165, 1.54) is 6.42 Å². The van der Waals surface area contributed by atoms with Gasteiger partial charge in [0.15, 0.2) is 0 Å². The molecule has 2 bridgehead atoms. The lowest BCUT2D eigenvalue weighted by Crippen LogP contribution is -2.61. The van der Waals surface area contributed by atoms with Crippen LogP contribution in [0.3, 0.4) is 0 Å². The molecule has 0 aromatic rings. The standard InChI is InChI=1S/C29H45N3O5/c1-6-16-30(5)26(34)23-22-14-15-29(37-22)24(23)27(35)32(21(18-33)19(4)8-3)25(29)28(36)31(17-7-2)20-12-10-9-11-13-20/h6-7,19-25,33H,1-2,8-18H2,3-5H3/t19-,21-,22+,23-,24-,25?,29?/m0/s1. The van der Waals surface area contributed by atoms with Crippen molar-refractivity contribution in [2.45, 2.75) is 95.0 Å². The van der Waals surface area contributed by atoms with E-state index in [1.807, 2.05) is 18.7 Å². The van der Waals surface area contributed by atoms with Crippen LogP contribution >= 0.6 is 0 Å². The summed E-state index contributed by atoms with van der Waals surface area (Å²) in [5, 5.41) is 10.5. The third-order valence-electron chi connectivity index (χ3n) is 9.51. The molecular weight excluding hydrogens is 470 g/mol. The molecule has 2 unspecified atom stereocenters. The lowest BCUT2D eigenvalue weighted by Gasteiger charge is -2.43. The van der Waals surface area contributed by atoms with E-state index in [-0.39, 0.29) is 42.4 Å². The SMILES string of the molecule is C=CCN(C)C(=O)[C@@H]1[C@H]2C(=O)N([C@@H](CO)[C@@H](C)CC)C(C(=O)N(CC=C)C3CCCCC3)C23CC[C@H]1O3. The van der Waals surface area contributed by atoms with Crippen LogP contribution in [0.1, 0.15) is 65.2 Å². The molecule has 4 aliphatic rings. The second-order valence-electron chi connectivity index (χ2n) is 11.5. The Hall–Kier alpha value is -2.19. The van der Waals surface area contributed by atoms with Crippen molar-refractivity contribution in [3.8, 4) is 0 Å². The lowest BCUT2D eigenvalue weighted by molar-refractivity contribution is -0.154. The summed E-state index contributed by atoms with van der Waals surface area (Å²) in [5.41, 5.74) is -1.05. The van der Waals surface area contributed by atoms with Crippen molar-refractivity contribution in [2.24, 2.45) is 17.8 Å². The molecule has 1 aliphatic carbocycles. The fourth-order valence-electron chi connectivity index (χ4n) is 7.47. The van der Waals surface area contributed by atoms with Crippen LogP contribution in [0.4, 0.5) is 0 Å². The van der Waals surface area contributed by atoms with E-state index < -0.39 is 29.5 Å². The summed E-state index contributed by atoms with van der Waals surface area (Å²) >= 11 is 0. The van der Waals surface area contributed by atoms with Crippen LogP contribution in [-0.4, -0.2) is 94.1 Å². The Morgan fingerprint density at radius 2 is 1.84 bits per heavy atom. The van der Waals surface area contributed by atoms with Crippen molar-refractivity contribution in [1.29, 1.82) is 0 Å². The number of amides is 3. The fourth-order valence-corrected chi connectivity index (χ4v) is 7.47. The first kappa shape index (κ1) is 27.8. The molecule has 3 amide bonds. The van der Waals surface area contributed by atoms with E-state index >= 15 is 0 Å². The van der Waals surface area contributed by atoms with E-state index in [0.29, 0.717) is 25.9 Å². The molecule has 1 saturated carbocycles. The highest BCUT2D eigenvalue weighted by Gasteiger charge is 2.75. The summed E-state index contributed by atoms with van der Waals surface area (Å²) in [7, 11) is 1.72. The van der Waals surface area contributed by atoms with Gasteiger partial charge in [0.2, 0.25) is 17.7 Å². The van der Waals surface area contributed by atoms with Gasteiger partial charge in [-0.3, -0.25) is 14.4 Å². The smallest absolute Gasteiger partial charge is 0.248 e. The van der Waals surface area contributed by atoms with Crippen LogP contribution in [0.25, 0.3) is 0 Å². The fraction of sp³-hybridized carbons (Fsp3) is 0.759. The van der Waals surface area contributed by atoms with Gasteiger partial charge in [-0.05, 0) is 31.6 Å². The molecule has 37 heavy (non-hydrogen) atoms. The number of hydrogen-bond acceptors (Lipinski definition) is 5. The number of carbonyl (C=O) groups is 3. The van der Waals surface area contributed by atoms with Gasteiger partial charge >= 0.3 is 0 Å². The zero-order chi connectivity index (χ0) is 26.9. The van der Waals surface area contributed by atoms with Gasteiger partial charge in [0, 0.05) is 26.2 Å². The van der Waals surface area contributed by atoms with Gasteiger partial charge in [0.05, 0.1) is 30.6 Å². The van der Waals surface area contributed by atoms with Gasteiger partial charge in [-0.1, -0.05) is 51.7 Å². The molecule has 1 spiro atoms. The molecule has 0 aromatic carbocycles. The van der Waals surface area contributed by atoms with E-state index in [1.54, 1.807) is 29.0 Å². The normalized spacial score (nSPS) is 32.6. The van der Waals surface area contributed by atoms with Gasteiger partial charge in [-0.25, -0.2) is 0 Å². The third kappa shape index (κ3) is 4.54. The molecule has 3 saturated heterocycles. The molecule has 3 aliphatic heterocycles. The second-order valence-corrected chi connectivity index (χ2v) is 11.5. The van der Waals surface area contributed by atoms with Crippen molar-refractivity contribution in [2.75, 3.05) is 26.7 Å². The minimum atomic E-state index is -1.05. The molecule has 206 valence electrons. The summed E-state index contributed by atoms with van der Waals surface area (Å²) in [6.45, 7) is 12.2. The highest BCUT2D eigenvalue weighted by molar-refractivity contribution is 5.99. The molecule has 8 heteroatoms. The minimum Gasteiger partial charge on any atom is -0.394 e. The number of aliphatic hydroxyl groups excluding tert-OH is 1. The summed E-state index contributed by atoms with van der Waals surface area (Å²) in [6, 6.07) is -1.28. The monoisotopic (exact) mass is 515 g/mol. The van der Waals surface area contributed by atoms with Crippen LogP contribution in [0, 0.1) is 17.8 Å². The van der Waals surface area contributed by atoms with Gasteiger partial charge in [-0.15, -0.1) is 13.2 Å². The zero-order valence-electron chi connectivity index (χ0n) is 22.8. The van der Waals surface area contributed by atoms with E-state index in [0.717, 1.165) is 32.1 Å². The Morgan fingerprint density at radius 1 is 1.16 bits per heavy atom. The number of fused-ring (bicyclic) bond motifs is 1. The first-order valence-corrected chi connectivity index (χ1v) is 14.1. The first-order chi connectivity index (χ1) is 17.8. The van der Waals surface area contributed by atoms with Crippen molar-refractivity contribution in [3.63, 3.8) is 0 Å². The largest absolute Gasteiger partial charge is 0.394 e.